The van der Waals surface area contributed by atoms with Crippen LogP contribution in [-0.2, 0) is 76.3 Å². The second-order valence-corrected chi connectivity index (χ2v) is 37.5. The number of esters is 9. The summed E-state index contributed by atoms with van der Waals surface area (Å²) in [5.74, 6) is 12.4. The summed E-state index contributed by atoms with van der Waals surface area (Å²) in [7, 11) is 0. The topological polar surface area (TPSA) is 218 Å². The van der Waals surface area contributed by atoms with Gasteiger partial charge in [0, 0.05) is 6.42 Å². The highest BCUT2D eigenvalue weighted by Gasteiger charge is 2.66. The summed E-state index contributed by atoms with van der Waals surface area (Å²) in [5, 5.41) is 0. The molecule has 14 saturated carbocycles. The van der Waals surface area contributed by atoms with Gasteiger partial charge in [0.25, 0.3) is 0 Å². The first kappa shape index (κ1) is 76.7. The van der Waals surface area contributed by atoms with Crippen LogP contribution in [0.5, 0.6) is 0 Å². The van der Waals surface area contributed by atoms with Crippen molar-refractivity contribution in [3.05, 3.63) is 0 Å². The van der Waals surface area contributed by atoms with E-state index in [-0.39, 0.29) is 81.7 Å². The third kappa shape index (κ3) is 14.2. The largest absolute Gasteiger partial charge is 0.463 e. The molecule has 14 aliphatic carbocycles. The second kappa shape index (κ2) is 29.5. The molecule has 562 valence electrons. The molecule has 16 nitrogen and oxygen atoms in total. The fourth-order valence-electron chi connectivity index (χ4n) is 24.2. The Balaban J connectivity index is 0.000000123. The third-order valence-electron chi connectivity index (χ3n) is 32.3. The van der Waals surface area contributed by atoms with E-state index in [0.29, 0.717) is 96.9 Å². The van der Waals surface area contributed by atoms with E-state index >= 15 is 0 Å². The highest BCUT2D eigenvalue weighted by atomic mass is 16.6. The summed E-state index contributed by atoms with van der Waals surface area (Å²) in [6, 6.07) is 0. The van der Waals surface area contributed by atoms with E-state index in [1.54, 1.807) is 27.7 Å². The fraction of sp³-hybridized carbons (Fsp3) is 0.893. The molecule has 16 heteroatoms. The minimum absolute atomic E-state index is 0.0364. The van der Waals surface area contributed by atoms with Gasteiger partial charge in [0.2, 0.25) is 6.10 Å². The van der Waals surface area contributed by atoms with Crippen molar-refractivity contribution >= 4 is 53.7 Å². The Morgan fingerprint density at radius 3 is 1.24 bits per heavy atom. The van der Waals surface area contributed by atoms with Crippen LogP contribution in [0.25, 0.3) is 0 Å². The molecule has 17 aliphatic rings. The minimum atomic E-state index is -0.687. The molecule has 17 fully saturated rings. The van der Waals surface area contributed by atoms with Crippen molar-refractivity contribution < 1.29 is 76.3 Å². The summed E-state index contributed by atoms with van der Waals surface area (Å²) < 4.78 is 37.6. The van der Waals surface area contributed by atoms with Gasteiger partial charge < -0.3 is 33.2 Å². The van der Waals surface area contributed by atoms with Gasteiger partial charge in [0.15, 0.2) is 0 Å². The molecular formula is C84H130O16. The molecule has 0 aromatic rings. The molecule has 100 heavy (non-hydrogen) atoms. The number of rotatable bonds is 13. The number of ether oxygens (including phenoxy) is 7. The van der Waals surface area contributed by atoms with Crippen LogP contribution < -0.4 is 0 Å². The van der Waals surface area contributed by atoms with E-state index in [4.69, 9.17) is 28.4 Å². The molecule has 0 aromatic heterocycles. The van der Waals surface area contributed by atoms with Crippen LogP contribution in [0, 0.1) is 158 Å². The molecule has 24 atom stereocenters. The lowest BCUT2D eigenvalue weighted by molar-refractivity contribution is -0.218. The van der Waals surface area contributed by atoms with Gasteiger partial charge in [-0.15, -0.1) is 0 Å². The second-order valence-electron chi connectivity index (χ2n) is 37.5. The van der Waals surface area contributed by atoms with E-state index < -0.39 is 34.8 Å². The predicted molar refractivity (Wildman–Crippen MR) is 377 cm³/mol. The maximum absolute atomic E-state index is 12.9. The Bertz CT molecular complexity index is 2920. The smallest absolute Gasteiger partial charge is 0.347 e. The molecule has 3 heterocycles. The van der Waals surface area contributed by atoms with Gasteiger partial charge in [-0.2, -0.15) is 0 Å². The molecular weight excluding hydrogens is 1260 g/mol. The van der Waals surface area contributed by atoms with Crippen molar-refractivity contribution in [1.29, 1.82) is 0 Å². The van der Waals surface area contributed by atoms with Crippen LogP contribution >= 0.6 is 0 Å². The Morgan fingerprint density at radius 2 is 0.910 bits per heavy atom. The van der Waals surface area contributed by atoms with Gasteiger partial charge in [-0.3, -0.25) is 38.4 Å². The first-order valence-electron chi connectivity index (χ1n) is 40.7. The number of hydrogen-bond acceptors (Lipinski definition) is 16. The Hall–Kier alpha value is -4.37. The molecule has 3 aliphatic heterocycles. The number of carbonyl (C=O) groups is 9. The van der Waals surface area contributed by atoms with Crippen molar-refractivity contribution in [3.63, 3.8) is 0 Å². The summed E-state index contributed by atoms with van der Waals surface area (Å²) in [6.07, 6.45) is 28.4. The van der Waals surface area contributed by atoms with Crippen LogP contribution in [0.4, 0.5) is 0 Å². The lowest BCUT2D eigenvalue weighted by Gasteiger charge is -2.60. The third-order valence-corrected chi connectivity index (χ3v) is 32.3. The van der Waals surface area contributed by atoms with E-state index in [1.165, 1.54) is 83.5 Å². The zero-order valence-corrected chi connectivity index (χ0v) is 64.6. The van der Waals surface area contributed by atoms with Crippen LogP contribution in [0.3, 0.4) is 0 Å². The van der Waals surface area contributed by atoms with E-state index in [9.17, 15) is 43.2 Å². The average Bonchev–Trinajstić information content (AvgIpc) is 1.67. The molecule has 0 amide bonds. The Morgan fingerprint density at radius 1 is 0.450 bits per heavy atom. The molecule has 1 spiro atoms. The van der Waals surface area contributed by atoms with Gasteiger partial charge >= 0.3 is 53.7 Å². The number of carbonyl (C=O) groups excluding carboxylic acids is 9. The maximum Gasteiger partial charge on any atom is 0.347 e. The van der Waals surface area contributed by atoms with Gasteiger partial charge in [-0.25, -0.2) is 4.79 Å². The number of cyclic esters (lactones) is 5. The van der Waals surface area contributed by atoms with E-state index in [1.807, 2.05) is 20.8 Å². The zero-order valence-electron chi connectivity index (χ0n) is 64.6. The minimum Gasteiger partial charge on any atom is -0.463 e. The maximum atomic E-state index is 12.9. The molecule has 0 N–H and O–H groups in total. The summed E-state index contributed by atoms with van der Waals surface area (Å²) in [4.78, 5) is 105. The molecule has 17 rings (SSSR count). The average molecular weight is 1400 g/mol. The Kier molecular flexibility index (Phi) is 22.7. The van der Waals surface area contributed by atoms with Gasteiger partial charge in [-0.05, 0) is 300 Å². The molecule has 24 unspecified atom stereocenters. The molecule has 0 radical (unpaired) electrons. The standard InChI is InChI=1S/2C19H30O2.C18H30O2.C12H16O3.C10H16O4.C6H8O3/c2*1-4-19(10-13-5-6-15(19)7-13)21-18(20)17-9-14-8-16(17)12(3)11(14)2;1-5-17(3,4)16(19)20-18(6-2)14-8-12-7-13(10-14)11-15(18)9-12;1-6-7(2)9-3-8(6)4-12(9)5-10(13)15-11(12)14;1-4-10(2,3)9(12)14-7-5-6-13-8(7)11;1-3-4(2)6(8)9-5(3)7/h2*11-17H,4-10H2,1-3H3;12-15H,5-11H2,1-4H3;6-9H,3-5H2,1-2H3;7H,4-6H2,1-3H3;3-4H,1-2H3. The molecule has 0 aromatic carbocycles. The van der Waals surface area contributed by atoms with Gasteiger partial charge in [-0.1, -0.05) is 90.0 Å². The fourth-order valence-corrected chi connectivity index (χ4v) is 24.2. The summed E-state index contributed by atoms with van der Waals surface area (Å²) in [5.41, 5.74) is -1.59. The zero-order chi connectivity index (χ0) is 72.7. The van der Waals surface area contributed by atoms with E-state index in [2.05, 4.69) is 74.0 Å². The van der Waals surface area contributed by atoms with Gasteiger partial charge in [0.05, 0.1) is 52.9 Å². The highest BCUT2D eigenvalue weighted by Crippen LogP contribution is 2.66. The highest BCUT2D eigenvalue weighted by molar-refractivity contribution is 5.98. The monoisotopic (exact) mass is 1390 g/mol. The summed E-state index contributed by atoms with van der Waals surface area (Å²) in [6.45, 7) is 36.0. The SMILES string of the molecule is CC1C(=O)OC(=O)C1C.CC1C2CC(C1C)C1(CC(=O)OC1=O)C2.CCC(C)(C)C(=O)OC1(CC)C2CC3CC(C2)CC1C3.CCC(C)(C)C(=O)OC1CCOC1=O.CCC1(OC(=O)C2CC3CC2C(C)C3C)CC2CCC1C2.CCC1(OC(=O)C2CC3CC2C(C)C3C)CC2CCC1C2. The quantitative estimate of drug-likeness (QED) is 0.0951. The van der Waals surface area contributed by atoms with Crippen LogP contribution in [0.1, 0.15) is 285 Å². The van der Waals surface area contributed by atoms with E-state index in [0.717, 1.165) is 112 Å². The van der Waals surface area contributed by atoms with Crippen molar-refractivity contribution in [2.24, 2.45) is 158 Å². The molecule has 3 saturated heterocycles. The van der Waals surface area contributed by atoms with Gasteiger partial charge in [0.1, 0.15) is 16.8 Å². The first-order chi connectivity index (χ1) is 47.1. The van der Waals surface area contributed by atoms with Crippen molar-refractivity contribution in [2.75, 3.05) is 6.61 Å². The van der Waals surface area contributed by atoms with Crippen molar-refractivity contribution in [3.8, 4) is 0 Å². The molecule has 14 bridgehead atoms. The van der Waals surface area contributed by atoms with Crippen LogP contribution in [-0.4, -0.2) is 83.2 Å². The predicted octanol–water partition coefficient (Wildman–Crippen LogP) is 16.8. The Labute approximate surface area is 599 Å². The number of hydrogen-bond donors (Lipinski definition) is 0. The van der Waals surface area contributed by atoms with Crippen molar-refractivity contribution in [2.45, 2.75) is 308 Å². The number of fused-ring (bicyclic) bond motifs is 11. The van der Waals surface area contributed by atoms with Crippen LogP contribution in [0.2, 0.25) is 0 Å². The van der Waals surface area contributed by atoms with Crippen LogP contribution in [0.15, 0.2) is 0 Å². The first-order valence-corrected chi connectivity index (χ1v) is 40.7. The lowest BCUT2D eigenvalue weighted by atomic mass is 9.49. The summed E-state index contributed by atoms with van der Waals surface area (Å²) >= 11 is 0. The normalized spacial score (nSPS) is 45.5. The van der Waals surface area contributed by atoms with Crippen molar-refractivity contribution in [1.82, 2.24) is 0 Å². The lowest BCUT2D eigenvalue weighted by Crippen LogP contribution is -2.60.